The van der Waals surface area contributed by atoms with E-state index in [1.54, 1.807) is 6.07 Å². The molecule has 0 saturated heterocycles. The molecule has 0 unspecified atom stereocenters. The number of rotatable bonds is 3. The first-order chi connectivity index (χ1) is 8.09. The zero-order chi connectivity index (χ0) is 12.4. The summed E-state index contributed by atoms with van der Waals surface area (Å²) in [6.45, 7) is 1.83. The standard InChI is InChI=1S/C14H20FNO/c1-9-8-11(15)6-7-12(9)13(16)14(17)10-4-2-3-5-10/h6-8,10,13-14,17H,2-5,16H2,1H3/t13-,14+/m0/s1. The third-order valence-electron chi connectivity index (χ3n) is 3.84. The van der Waals surface area contributed by atoms with Crippen LogP contribution in [0.1, 0.15) is 42.9 Å². The smallest absolute Gasteiger partial charge is 0.123 e. The number of hydrogen-bond acceptors (Lipinski definition) is 2. The maximum atomic E-state index is 13.0. The van der Waals surface area contributed by atoms with Crippen LogP contribution < -0.4 is 5.73 Å². The van der Waals surface area contributed by atoms with Crippen LogP contribution in [0, 0.1) is 18.7 Å². The molecule has 1 aromatic rings. The summed E-state index contributed by atoms with van der Waals surface area (Å²) in [4.78, 5) is 0. The van der Waals surface area contributed by atoms with Gasteiger partial charge in [0.25, 0.3) is 0 Å². The first-order valence-electron chi connectivity index (χ1n) is 6.29. The Balaban J connectivity index is 2.15. The second kappa shape index (κ2) is 5.15. The lowest BCUT2D eigenvalue weighted by Crippen LogP contribution is -2.32. The van der Waals surface area contributed by atoms with Crippen molar-refractivity contribution in [3.63, 3.8) is 0 Å². The number of aryl methyl sites for hydroxylation is 1. The van der Waals surface area contributed by atoms with E-state index in [9.17, 15) is 9.50 Å². The van der Waals surface area contributed by atoms with Crippen molar-refractivity contribution in [2.24, 2.45) is 11.7 Å². The van der Waals surface area contributed by atoms with Crippen molar-refractivity contribution >= 4 is 0 Å². The summed E-state index contributed by atoms with van der Waals surface area (Å²) in [5, 5.41) is 10.2. The molecule has 0 aliphatic heterocycles. The van der Waals surface area contributed by atoms with E-state index in [1.165, 1.54) is 25.0 Å². The topological polar surface area (TPSA) is 46.2 Å². The molecule has 0 bridgehead atoms. The second-order valence-corrected chi connectivity index (χ2v) is 5.06. The summed E-state index contributed by atoms with van der Waals surface area (Å²) in [6.07, 6.45) is 3.94. The summed E-state index contributed by atoms with van der Waals surface area (Å²) < 4.78 is 13.0. The van der Waals surface area contributed by atoms with E-state index in [-0.39, 0.29) is 5.82 Å². The SMILES string of the molecule is Cc1cc(F)ccc1[C@H](N)[C@H](O)C1CCCC1. The highest BCUT2D eigenvalue weighted by Gasteiger charge is 2.29. The van der Waals surface area contributed by atoms with E-state index >= 15 is 0 Å². The van der Waals surface area contributed by atoms with E-state index in [1.807, 2.05) is 6.92 Å². The van der Waals surface area contributed by atoms with Crippen molar-refractivity contribution in [1.82, 2.24) is 0 Å². The molecule has 3 heteroatoms. The van der Waals surface area contributed by atoms with Crippen molar-refractivity contribution in [2.45, 2.75) is 44.8 Å². The number of aliphatic hydroxyl groups excluding tert-OH is 1. The number of halogens is 1. The summed E-state index contributed by atoms with van der Waals surface area (Å²) in [6, 6.07) is 4.16. The van der Waals surface area contributed by atoms with Crippen molar-refractivity contribution in [3.05, 3.63) is 35.1 Å². The average Bonchev–Trinajstić information content (AvgIpc) is 2.80. The molecule has 1 aromatic carbocycles. The van der Waals surface area contributed by atoms with Crippen molar-refractivity contribution < 1.29 is 9.50 Å². The van der Waals surface area contributed by atoms with Gasteiger partial charge in [0.05, 0.1) is 12.1 Å². The predicted octanol–water partition coefficient (Wildman–Crippen LogP) is 2.69. The monoisotopic (exact) mass is 237 g/mol. The van der Waals surface area contributed by atoms with Crippen LogP contribution in [0.5, 0.6) is 0 Å². The minimum atomic E-state index is -0.512. The van der Waals surface area contributed by atoms with Crippen molar-refractivity contribution in [1.29, 1.82) is 0 Å². The van der Waals surface area contributed by atoms with E-state index in [0.717, 1.165) is 24.0 Å². The third-order valence-corrected chi connectivity index (χ3v) is 3.84. The summed E-state index contributed by atoms with van der Waals surface area (Å²) >= 11 is 0. The van der Waals surface area contributed by atoms with Gasteiger partial charge in [-0.15, -0.1) is 0 Å². The molecule has 0 radical (unpaired) electrons. The number of aliphatic hydroxyl groups is 1. The van der Waals surface area contributed by atoms with Crippen LogP contribution in [0.15, 0.2) is 18.2 Å². The second-order valence-electron chi connectivity index (χ2n) is 5.06. The lowest BCUT2D eigenvalue weighted by molar-refractivity contribution is 0.0842. The Hall–Kier alpha value is -0.930. The van der Waals surface area contributed by atoms with Gasteiger partial charge in [-0.05, 0) is 48.9 Å². The molecule has 1 saturated carbocycles. The van der Waals surface area contributed by atoms with Gasteiger partial charge in [0.2, 0.25) is 0 Å². The van der Waals surface area contributed by atoms with Crippen molar-refractivity contribution in [3.8, 4) is 0 Å². The number of nitrogens with two attached hydrogens (primary N) is 1. The van der Waals surface area contributed by atoms with E-state index in [0.29, 0.717) is 5.92 Å². The molecule has 17 heavy (non-hydrogen) atoms. The molecular formula is C14H20FNO. The fourth-order valence-corrected chi connectivity index (χ4v) is 2.79. The maximum absolute atomic E-state index is 13.0. The first-order valence-corrected chi connectivity index (χ1v) is 6.29. The number of benzene rings is 1. The molecule has 1 aliphatic rings. The molecule has 0 spiro atoms. The van der Waals surface area contributed by atoms with Gasteiger partial charge in [-0.2, -0.15) is 0 Å². The third kappa shape index (κ3) is 2.67. The van der Waals surface area contributed by atoms with Crippen LogP contribution in [0.25, 0.3) is 0 Å². The Morgan fingerprint density at radius 2 is 2.00 bits per heavy atom. The van der Waals surface area contributed by atoms with Crippen LogP contribution in [0.2, 0.25) is 0 Å². The molecule has 94 valence electrons. The molecule has 2 atom stereocenters. The molecule has 2 rings (SSSR count). The summed E-state index contributed by atoms with van der Waals surface area (Å²) in [5.41, 5.74) is 7.76. The quantitative estimate of drug-likeness (QED) is 0.849. The lowest BCUT2D eigenvalue weighted by atomic mass is 9.89. The highest BCUT2D eigenvalue weighted by Crippen LogP contribution is 2.33. The van der Waals surface area contributed by atoms with Gasteiger partial charge < -0.3 is 10.8 Å². The van der Waals surface area contributed by atoms with Gasteiger partial charge in [0.15, 0.2) is 0 Å². The fourth-order valence-electron chi connectivity index (χ4n) is 2.79. The Bertz CT molecular complexity index is 388. The van der Waals surface area contributed by atoms with Crippen LogP contribution in [-0.2, 0) is 0 Å². The molecule has 2 nitrogen and oxygen atoms in total. The van der Waals surface area contributed by atoms with Gasteiger partial charge in [0.1, 0.15) is 5.82 Å². The van der Waals surface area contributed by atoms with Crippen LogP contribution in [0.4, 0.5) is 4.39 Å². The predicted molar refractivity (Wildman–Crippen MR) is 66.0 cm³/mol. The van der Waals surface area contributed by atoms with Gasteiger partial charge >= 0.3 is 0 Å². The van der Waals surface area contributed by atoms with E-state index in [4.69, 9.17) is 5.73 Å². The molecule has 0 aromatic heterocycles. The molecule has 1 fully saturated rings. The fraction of sp³-hybridized carbons (Fsp3) is 0.571. The number of hydrogen-bond donors (Lipinski definition) is 2. The van der Waals surface area contributed by atoms with Crippen LogP contribution >= 0.6 is 0 Å². The average molecular weight is 237 g/mol. The zero-order valence-corrected chi connectivity index (χ0v) is 10.2. The maximum Gasteiger partial charge on any atom is 0.123 e. The Kier molecular flexibility index (Phi) is 3.79. The van der Waals surface area contributed by atoms with Gasteiger partial charge in [-0.25, -0.2) is 4.39 Å². The molecule has 0 heterocycles. The van der Waals surface area contributed by atoms with Crippen LogP contribution in [0.3, 0.4) is 0 Å². The van der Waals surface area contributed by atoms with Gasteiger partial charge in [0, 0.05) is 0 Å². The van der Waals surface area contributed by atoms with E-state index < -0.39 is 12.1 Å². The first kappa shape index (κ1) is 12.5. The van der Waals surface area contributed by atoms with Gasteiger partial charge in [-0.3, -0.25) is 0 Å². The molecule has 3 N–H and O–H groups in total. The minimum Gasteiger partial charge on any atom is -0.391 e. The Labute approximate surface area is 102 Å². The van der Waals surface area contributed by atoms with E-state index in [2.05, 4.69) is 0 Å². The highest BCUT2D eigenvalue weighted by molar-refractivity contribution is 5.30. The minimum absolute atomic E-state index is 0.256. The molecular weight excluding hydrogens is 217 g/mol. The summed E-state index contributed by atoms with van der Waals surface area (Å²) in [5.74, 6) is 0.0447. The lowest BCUT2D eigenvalue weighted by Gasteiger charge is -2.25. The summed E-state index contributed by atoms with van der Waals surface area (Å²) in [7, 11) is 0. The Morgan fingerprint density at radius 3 is 2.59 bits per heavy atom. The molecule has 0 amide bonds. The zero-order valence-electron chi connectivity index (χ0n) is 10.2. The largest absolute Gasteiger partial charge is 0.391 e. The normalized spacial score (nSPS) is 20.5. The Morgan fingerprint density at radius 1 is 1.35 bits per heavy atom. The molecule has 1 aliphatic carbocycles. The van der Waals surface area contributed by atoms with Crippen molar-refractivity contribution in [2.75, 3.05) is 0 Å². The van der Waals surface area contributed by atoms with Crippen LogP contribution in [-0.4, -0.2) is 11.2 Å². The van der Waals surface area contributed by atoms with Gasteiger partial charge in [-0.1, -0.05) is 18.9 Å². The highest BCUT2D eigenvalue weighted by atomic mass is 19.1.